The molecule has 2 aliphatic heterocycles. The van der Waals surface area contributed by atoms with E-state index >= 15 is 0 Å². The fourth-order valence-corrected chi connectivity index (χ4v) is 3.30. The fraction of sp³-hybridized carbons (Fsp3) is 0. The second-order valence-electron chi connectivity index (χ2n) is 5.95. The first-order valence-corrected chi connectivity index (χ1v) is 8.21. The van der Waals surface area contributed by atoms with E-state index in [4.69, 9.17) is 0 Å². The van der Waals surface area contributed by atoms with Crippen molar-refractivity contribution in [2.24, 2.45) is 0 Å². The van der Waals surface area contributed by atoms with E-state index in [1.807, 2.05) is 33.5 Å². The van der Waals surface area contributed by atoms with Gasteiger partial charge in [-0.15, -0.1) is 0 Å². The van der Waals surface area contributed by atoms with Crippen LogP contribution in [0.2, 0.25) is 0 Å². The third-order valence-corrected chi connectivity index (χ3v) is 4.49. The molecular formula is C18H10N9. The molecule has 0 bridgehead atoms. The molecule has 27 heavy (non-hydrogen) atoms. The van der Waals surface area contributed by atoms with Crippen molar-refractivity contribution in [3.63, 3.8) is 0 Å². The number of nitrogens with one attached hydrogen (secondary N) is 1. The maximum atomic E-state index is 4.47. The highest BCUT2D eigenvalue weighted by Crippen LogP contribution is 2.29. The number of imidazole rings is 3. The van der Waals surface area contributed by atoms with Gasteiger partial charge in [0.1, 0.15) is 41.4 Å². The summed E-state index contributed by atoms with van der Waals surface area (Å²) in [5.74, 6) is 0. The molecule has 4 aromatic heterocycles. The largest absolute Gasteiger partial charge is 0.356 e. The van der Waals surface area contributed by atoms with Crippen molar-refractivity contribution < 1.29 is 0 Å². The van der Waals surface area contributed by atoms with E-state index in [1.165, 1.54) is 6.33 Å². The van der Waals surface area contributed by atoms with Crippen LogP contribution in [0.15, 0.2) is 55.8 Å². The Morgan fingerprint density at radius 2 is 1.81 bits per heavy atom. The molecule has 0 unspecified atom stereocenters. The van der Waals surface area contributed by atoms with Gasteiger partial charge in [-0.25, -0.2) is 29.9 Å². The summed E-state index contributed by atoms with van der Waals surface area (Å²) < 4.78 is 3.87. The minimum atomic E-state index is 0.616. The summed E-state index contributed by atoms with van der Waals surface area (Å²) in [6.07, 6.45) is 13.3. The van der Waals surface area contributed by atoms with Gasteiger partial charge in [-0.2, -0.15) is 0 Å². The molecule has 9 nitrogen and oxygen atoms in total. The van der Waals surface area contributed by atoms with Gasteiger partial charge >= 0.3 is 0 Å². The van der Waals surface area contributed by atoms with Crippen LogP contribution in [0.4, 0.5) is 0 Å². The lowest BCUT2D eigenvalue weighted by molar-refractivity contribution is 1.03. The summed E-state index contributed by atoms with van der Waals surface area (Å²) >= 11 is 0. The second-order valence-corrected chi connectivity index (χ2v) is 5.95. The van der Waals surface area contributed by atoms with Crippen LogP contribution >= 0.6 is 0 Å². The highest BCUT2D eigenvalue weighted by Gasteiger charge is 2.19. The molecule has 0 fully saturated rings. The van der Waals surface area contributed by atoms with E-state index in [0.717, 1.165) is 33.7 Å². The zero-order chi connectivity index (χ0) is 17.8. The first-order valence-electron chi connectivity index (χ1n) is 8.21. The van der Waals surface area contributed by atoms with E-state index in [9.17, 15) is 0 Å². The van der Waals surface area contributed by atoms with Crippen molar-refractivity contribution in [3.8, 4) is 22.8 Å². The number of aromatic amines is 1. The normalized spacial score (nSPS) is 11.7. The molecule has 9 heteroatoms. The molecular weight excluding hydrogens is 342 g/mol. The van der Waals surface area contributed by atoms with Crippen molar-refractivity contribution in [1.82, 2.24) is 44.0 Å². The summed E-state index contributed by atoms with van der Waals surface area (Å²) in [5.41, 5.74) is 6.11. The molecule has 127 valence electrons. The molecule has 6 heterocycles. The molecule has 6 rings (SSSR count). The van der Waals surface area contributed by atoms with Crippen LogP contribution in [0, 0.1) is 6.20 Å². The second kappa shape index (κ2) is 5.18. The molecule has 2 aliphatic rings. The van der Waals surface area contributed by atoms with Crippen LogP contribution < -0.4 is 0 Å². The van der Waals surface area contributed by atoms with Crippen molar-refractivity contribution in [1.29, 1.82) is 0 Å². The first kappa shape index (κ1) is 14.1. The van der Waals surface area contributed by atoms with E-state index in [2.05, 4.69) is 41.1 Å². The van der Waals surface area contributed by atoms with Crippen molar-refractivity contribution >= 4 is 22.3 Å². The van der Waals surface area contributed by atoms with E-state index in [-0.39, 0.29) is 0 Å². The standard InChI is InChI=1S/C18H10N9/c1-2-11-18(21-4-1)27(9-24-11)13-3-5-20-17-16(13)26(10-25-17)14-7-19-6-12-15(14)23-8-22-12/h1-5,7-10,19H. The number of rotatable bonds is 2. The number of fused-ring (bicyclic) bond motifs is 3. The van der Waals surface area contributed by atoms with Crippen molar-refractivity contribution in [3.05, 3.63) is 62.0 Å². The quantitative estimate of drug-likeness (QED) is 0.512. The SMILES string of the molecule is [c]1[nH]cc(-n2cnc3nccc(-n4cnc5cccnc54)c32)c2ncnc1-2. The zero-order valence-corrected chi connectivity index (χ0v) is 13.8. The van der Waals surface area contributed by atoms with Crippen LogP contribution in [-0.2, 0) is 0 Å². The minimum absolute atomic E-state index is 0.616. The lowest BCUT2D eigenvalue weighted by atomic mass is 10.2. The molecule has 4 aromatic rings. The van der Waals surface area contributed by atoms with Gasteiger partial charge in [0.05, 0.1) is 17.6 Å². The summed E-state index contributed by atoms with van der Waals surface area (Å²) in [5, 5.41) is 0. The number of aromatic nitrogens is 9. The Bertz CT molecular complexity index is 1390. The van der Waals surface area contributed by atoms with Crippen molar-refractivity contribution in [2.75, 3.05) is 0 Å². The Kier molecular flexibility index (Phi) is 2.70. The molecule has 0 saturated carbocycles. The average Bonchev–Trinajstić information content (AvgIpc) is 3.44. The summed E-state index contributed by atoms with van der Waals surface area (Å²) in [6, 6.07) is 5.72. The highest BCUT2D eigenvalue weighted by atomic mass is 15.2. The molecule has 0 saturated heterocycles. The lowest BCUT2D eigenvalue weighted by Gasteiger charge is -2.11. The Labute approximate surface area is 151 Å². The molecule has 0 atom stereocenters. The highest BCUT2D eigenvalue weighted by molar-refractivity contribution is 5.86. The predicted molar refractivity (Wildman–Crippen MR) is 96.7 cm³/mol. The van der Waals surface area contributed by atoms with Gasteiger partial charge in [-0.1, -0.05) is 0 Å². The van der Waals surface area contributed by atoms with Gasteiger partial charge in [0.25, 0.3) is 0 Å². The summed E-state index contributed by atoms with van der Waals surface area (Å²) in [4.78, 5) is 29.4. The van der Waals surface area contributed by atoms with E-state index in [0.29, 0.717) is 11.3 Å². The predicted octanol–water partition coefficient (Wildman–Crippen LogP) is 2.18. The summed E-state index contributed by atoms with van der Waals surface area (Å²) in [6.45, 7) is 0. The average molecular weight is 352 g/mol. The maximum Gasteiger partial charge on any atom is 0.180 e. The van der Waals surface area contributed by atoms with Gasteiger partial charge in [-0.05, 0) is 18.2 Å². The maximum absolute atomic E-state index is 4.47. The van der Waals surface area contributed by atoms with Crippen LogP contribution in [0.3, 0.4) is 0 Å². The van der Waals surface area contributed by atoms with Gasteiger partial charge < -0.3 is 4.98 Å². The molecule has 1 N–H and O–H groups in total. The Morgan fingerprint density at radius 1 is 0.852 bits per heavy atom. The fourth-order valence-electron chi connectivity index (χ4n) is 3.30. The topological polar surface area (TPSA) is 103 Å². The Hall–Kier alpha value is -4.14. The number of hydrogen-bond donors (Lipinski definition) is 1. The first-order chi connectivity index (χ1) is 13.4. The van der Waals surface area contributed by atoms with Gasteiger partial charge in [0.15, 0.2) is 11.3 Å². The zero-order valence-electron chi connectivity index (χ0n) is 13.8. The van der Waals surface area contributed by atoms with Crippen LogP contribution in [0.1, 0.15) is 0 Å². The van der Waals surface area contributed by atoms with Crippen LogP contribution in [0.25, 0.3) is 45.1 Å². The van der Waals surface area contributed by atoms with Gasteiger partial charge in [-0.3, -0.25) is 9.13 Å². The third kappa shape index (κ3) is 1.93. The van der Waals surface area contributed by atoms with E-state index in [1.54, 1.807) is 25.0 Å². The third-order valence-electron chi connectivity index (χ3n) is 4.49. The van der Waals surface area contributed by atoms with Crippen LogP contribution in [0.5, 0.6) is 0 Å². The number of pyridine rings is 3. The lowest BCUT2D eigenvalue weighted by Crippen LogP contribution is -2.02. The summed E-state index contributed by atoms with van der Waals surface area (Å²) in [7, 11) is 0. The number of hydrogen-bond acceptors (Lipinski definition) is 6. The molecule has 0 aromatic carbocycles. The van der Waals surface area contributed by atoms with Crippen molar-refractivity contribution in [2.45, 2.75) is 0 Å². The van der Waals surface area contributed by atoms with E-state index < -0.39 is 0 Å². The number of nitrogens with zero attached hydrogens (tertiary/aromatic N) is 8. The van der Waals surface area contributed by atoms with Crippen LogP contribution in [-0.4, -0.2) is 44.0 Å². The minimum Gasteiger partial charge on any atom is -0.356 e. The monoisotopic (exact) mass is 352 g/mol. The molecule has 0 spiro atoms. The molecule has 0 aliphatic carbocycles. The molecule has 1 radical (unpaired) electrons. The number of H-pyrrole nitrogens is 1. The van der Waals surface area contributed by atoms with Gasteiger partial charge in [0, 0.05) is 18.6 Å². The Morgan fingerprint density at radius 3 is 2.81 bits per heavy atom. The molecule has 0 amide bonds. The van der Waals surface area contributed by atoms with Gasteiger partial charge in [0.2, 0.25) is 0 Å². The smallest absolute Gasteiger partial charge is 0.180 e. The Balaban J connectivity index is 1.69.